The second kappa shape index (κ2) is 13.7. The number of nitriles is 1. The van der Waals surface area contributed by atoms with E-state index in [1.165, 1.54) is 0 Å². The van der Waals surface area contributed by atoms with Crippen LogP contribution in [0.15, 0.2) is 66.9 Å². The van der Waals surface area contributed by atoms with Crippen LogP contribution >= 0.6 is 0 Å². The number of nitrogens with one attached hydrogen (secondary N) is 1. The van der Waals surface area contributed by atoms with E-state index in [9.17, 15) is 25.4 Å². The summed E-state index contributed by atoms with van der Waals surface area (Å²) in [6.07, 6.45) is 1.84. The van der Waals surface area contributed by atoms with Gasteiger partial charge in [-0.2, -0.15) is 10.2 Å². The second-order valence-corrected chi connectivity index (χ2v) is 10.2. The van der Waals surface area contributed by atoms with Gasteiger partial charge in [0, 0.05) is 31.3 Å². The molecule has 0 radical (unpaired) electrons. The monoisotopic (exact) mass is 565 g/mol. The summed E-state index contributed by atoms with van der Waals surface area (Å²) in [5, 5.41) is 41.9. The normalized spacial score (nSPS) is 11.5. The number of aliphatic hydroxyl groups excluding tert-OH is 2. The molecule has 0 spiro atoms. The highest BCUT2D eigenvalue weighted by atomic mass is 16.4. The summed E-state index contributed by atoms with van der Waals surface area (Å²) in [6.45, 7) is 6.13. The minimum Gasteiger partial charge on any atom is -0.480 e. The maximum Gasteiger partial charge on any atom is 0.326 e. The van der Waals surface area contributed by atoms with E-state index in [-0.39, 0.29) is 38.7 Å². The summed E-state index contributed by atoms with van der Waals surface area (Å²) in [6, 6.07) is 20.2. The highest BCUT2D eigenvalue weighted by molar-refractivity contribution is 5.84. The van der Waals surface area contributed by atoms with Crippen molar-refractivity contribution in [2.24, 2.45) is 0 Å². The number of rotatable bonds is 12. The molecule has 0 amide bonds. The first-order chi connectivity index (χ1) is 20.2. The van der Waals surface area contributed by atoms with Crippen LogP contribution in [0.5, 0.6) is 0 Å². The van der Waals surface area contributed by atoms with E-state index < -0.39 is 12.0 Å². The quantitative estimate of drug-likeness (QED) is 0.195. The van der Waals surface area contributed by atoms with Crippen molar-refractivity contribution in [2.75, 3.05) is 36.5 Å². The average molecular weight is 566 g/mol. The number of carboxylic acid groups (broad SMARTS) is 1. The molecular weight excluding hydrogens is 530 g/mol. The molecule has 1 heterocycles. The number of hydrogen-bond donors (Lipinski definition) is 4. The molecule has 1 aromatic heterocycles. The fraction of sp³-hybridized carbons (Fsp3) is 0.273. The third-order valence-electron chi connectivity index (χ3n) is 7.11. The molecule has 0 aliphatic rings. The van der Waals surface area contributed by atoms with Gasteiger partial charge in [0.05, 0.1) is 24.8 Å². The van der Waals surface area contributed by atoms with Crippen molar-refractivity contribution >= 4 is 17.7 Å². The molecule has 9 heteroatoms. The molecule has 216 valence electrons. The van der Waals surface area contributed by atoms with Gasteiger partial charge in [-0.25, -0.2) is 9.78 Å². The minimum atomic E-state index is -1.04. The summed E-state index contributed by atoms with van der Waals surface area (Å²) < 4.78 is 0. The number of carbonyl (C=O) groups is 1. The Kier molecular flexibility index (Phi) is 9.86. The van der Waals surface area contributed by atoms with Gasteiger partial charge in [0.15, 0.2) is 0 Å². The maximum atomic E-state index is 12.5. The largest absolute Gasteiger partial charge is 0.480 e. The van der Waals surface area contributed by atoms with Crippen LogP contribution < -0.4 is 10.2 Å². The summed E-state index contributed by atoms with van der Waals surface area (Å²) in [4.78, 5) is 23.4. The van der Waals surface area contributed by atoms with Crippen LogP contribution in [0.25, 0.3) is 22.3 Å². The van der Waals surface area contributed by atoms with Gasteiger partial charge < -0.3 is 25.5 Å². The predicted octanol–water partition coefficient (Wildman–Crippen LogP) is 4.51. The van der Waals surface area contributed by atoms with Gasteiger partial charge in [-0.05, 0) is 60.2 Å². The molecule has 0 saturated carbocycles. The van der Waals surface area contributed by atoms with Crippen LogP contribution in [0.4, 0.5) is 11.8 Å². The van der Waals surface area contributed by atoms with Crippen LogP contribution in [0.1, 0.15) is 27.8 Å². The molecule has 0 unspecified atom stereocenters. The Morgan fingerprint density at radius 1 is 0.976 bits per heavy atom. The third-order valence-corrected chi connectivity index (χ3v) is 7.11. The Morgan fingerprint density at radius 3 is 2.21 bits per heavy atom. The average Bonchev–Trinajstić information content (AvgIpc) is 2.97. The van der Waals surface area contributed by atoms with Crippen molar-refractivity contribution in [3.63, 3.8) is 0 Å². The molecule has 42 heavy (non-hydrogen) atoms. The second-order valence-electron chi connectivity index (χ2n) is 10.2. The lowest BCUT2D eigenvalue weighted by Gasteiger charge is -2.24. The number of aliphatic carboxylic acids is 1. The Hall–Kier alpha value is -4.78. The number of aromatic nitrogens is 2. The van der Waals surface area contributed by atoms with Gasteiger partial charge in [0.25, 0.3) is 0 Å². The minimum absolute atomic E-state index is 0.156. The molecule has 4 aromatic rings. The zero-order valence-corrected chi connectivity index (χ0v) is 24.0. The molecule has 0 fully saturated rings. The number of hydrogen-bond acceptors (Lipinski definition) is 8. The van der Waals surface area contributed by atoms with E-state index in [2.05, 4.69) is 28.5 Å². The predicted molar refractivity (Wildman–Crippen MR) is 163 cm³/mol. The fourth-order valence-electron chi connectivity index (χ4n) is 5.23. The van der Waals surface area contributed by atoms with Crippen molar-refractivity contribution in [2.45, 2.75) is 33.2 Å². The lowest BCUT2D eigenvalue weighted by atomic mass is 9.94. The van der Waals surface area contributed by atoms with Gasteiger partial charge in [-0.1, -0.05) is 60.2 Å². The lowest BCUT2D eigenvalue weighted by Crippen LogP contribution is -2.34. The molecule has 3 aromatic carbocycles. The van der Waals surface area contributed by atoms with Gasteiger partial charge >= 0.3 is 5.97 Å². The standard InChI is InChI=1S/C33H35N5O4/c1-21-16-22(2)30(23(3)17-21)28-20-35-33(38(12-14-39)13-15-40)37-31(28)36-29(32(41)42)18-24-8-10-25(11-9-24)27-7-5-4-6-26(27)19-34/h4-11,16-17,20,29,39-40H,12-15,18H2,1-3H3,(H,41,42)(H,35,36,37)/t29-/m0/s1. The molecule has 0 aliphatic heterocycles. The van der Waals surface area contributed by atoms with Gasteiger partial charge in [-0.15, -0.1) is 0 Å². The van der Waals surface area contributed by atoms with E-state index in [4.69, 9.17) is 4.98 Å². The van der Waals surface area contributed by atoms with Gasteiger partial charge in [0.2, 0.25) is 5.95 Å². The zero-order chi connectivity index (χ0) is 30.2. The van der Waals surface area contributed by atoms with Crippen LogP contribution in [-0.2, 0) is 11.2 Å². The molecule has 0 aliphatic carbocycles. The SMILES string of the molecule is Cc1cc(C)c(-c2cnc(N(CCO)CCO)nc2N[C@@H](Cc2ccc(-c3ccccc3C#N)cc2)C(=O)O)c(C)c1. The molecule has 9 nitrogen and oxygen atoms in total. The highest BCUT2D eigenvalue weighted by Crippen LogP contribution is 2.34. The molecule has 0 bridgehead atoms. The molecular formula is C33H35N5O4. The summed E-state index contributed by atoms with van der Waals surface area (Å²) >= 11 is 0. The summed E-state index contributed by atoms with van der Waals surface area (Å²) in [5.41, 5.74) is 7.76. The first kappa shape index (κ1) is 30.2. The van der Waals surface area contributed by atoms with Crippen LogP contribution in [0.2, 0.25) is 0 Å². The van der Waals surface area contributed by atoms with Gasteiger partial charge in [-0.3, -0.25) is 0 Å². The van der Waals surface area contributed by atoms with Crippen LogP contribution in [0, 0.1) is 32.1 Å². The van der Waals surface area contributed by atoms with E-state index in [1.54, 1.807) is 17.2 Å². The van der Waals surface area contributed by atoms with Crippen molar-refractivity contribution < 1.29 is 20.1 Å². The Morgan fingerprint density at radius 2 is 1.62 bits per heavy atom. The van der Waals surface area contributed by atoms with E-state index in [0.29, 0.717) is 16.9 Å². The highest BCUT2D eigenvalue weighted by Gasteiger charge is 2.23. The van der Waals surface area contributed by atoms with E-state index in [0.717, 1.165) is 38.9 Å². The molecule has 4 rings (SSSR count). The fourth-order valence-corrected chi connectivity index (χ4v) is 5.23. The van der Waals surface area contributed by atoms with Crippen molar-refractivity contribution in [1.82, 2.24) is 9.97 Å². The van der Waals surface area contributed by atoms with Crippen molar-refractivity contribution in [1.29, 1.82) is 5.26 Å². The van der Waals surface area contributed by atoms with Gasteiger partial charge in [0.1, 0.15) is 11.9 Å². The number of benzene rings is 3. The first-order valence-corrected chi connectivity index (χ1v) is 13.8. The smallest absolute Gasteiger partial charge is 0.326 e. The first-order valence-electron chi connectivity index (χ1n) is 13.8. The zero-order valence-electron chi connectivity index (χ0n) is 24.0. The lowest BCUT2D eigenvalue weighted by molar-refractivity contribution is -0.137. The van der Waals surface area contributed by atoms with E-state index >= 15 is 0 Å². The third kappa shape index (κ3) is 6.92. The van der Waals surface area contributed by atoms with Crippen molar-refractivity contribution in [3.05, 3.63) is 94.7 Å². The molecule has 4 N–H and O–H groups in total. The number of nitrogens with zero attached hydrogens (tertiary/aromatic N) is 4. The van der Waals surface area contributed by atoms with Crippen LogP contribution in [-0.4, -0.2) is 63.6 Å². The van der Waals surface area contributed by atoms with E-state index in [1.807, 2.05) is 63.2 Å². The number of aliphatic hydroxyl groups is 2. The Balaban J connectivity index is 1.71. The Labute approximate surface area is 245 Å². The molecule has 1 atom stereocenters. The van der Waals surface area contributed by atoms with Crippen molar-refractivity contribution in [3.8, 4) is 28.3 Å². The number of carboxylic acids is 1. The number of anilines is 2. The maximum absolute atomic E-state index is 12.5. The number of aryl methyl sites for hydroxylation is 3. The summed E-state index contributed by atoms with van der Waals surface area (Å²) in [7, 11) is 0. The summed E-state index contributed by atoms with van der Waals surface area (Å²) in [5.74, 6) is -0.417. The van der Waals surface area contributed by atoms with Crippen LogP contribution in [0.3, 0.4) is 0 Å². The topological polar surface area (TPSA) is 143 Å². The Bertz CT molecular complexity index is 1570. The molecule has 0 saturated heterocycles.